The summed E-state index contributed by atoms with van der Waals surface area (Å²) in [6.45, 7) is 6.29. The van der Waals surface area contributed by atoms with E-state index < -0.39 is 0 Å². The molecule has 1 aromatic rings. The molecular formula is C14H20N2O2. The largest absolute Gasteiger partial charge is 0.338 e. The van der Waals surface area contributed by atoms with E-state index in [0.29, 0.717) is 6.54 Å². The number of nitrogens with zero attached hydrogens (tertiary/aromatic N) is 1. The Kier molecular flexibility index (Phi) is 3.46. The van der Waals surface area contributed by atoms with Crippen molar-refractivity contribution in [3.8, 4) is 0 Å². The van der Waals surface area contributed by atoms with Gasteiger partial charge in [-0.2, -0.15) is 0 Å². The molecule has 4 heteroatoms. The fraction of sp³-hybridized carbons (Fsp3) is 0.286. The highest BCUT2D eigenvalue weighted by Gasteiger charge is 2.20. The highest BCUT2D eigenvalue weighted by molar-refractivity contribution is 5.99. The third-order valence-electron chi connectivity index (χ3n) is 3.16. The van der Waals surface area contributed by atoms with E-state index in [1.165, 1.54) is 11.6 Å². The molecule has 98 valence electrons. The lowest BCUT2D eigenvalue weighted by Gasteiger charge is -2.29. The van der Waals surface area contributed by atoms with Crippen molar-refractivity contribution in [1.29, 1.82) is 0 Å². The molecule has 0 fully saturated rings. The van der Waals surface area contributed by atoms with Crippen molar-refractivity contribution in [2.24, 2.45) is 0 Å². The van der Waals surface area contributed by atoms with E-state index >= 15 is 0 Å². The third-order valence-corrected chi connectivity index (χ3v) is 3.16. The maximum Gasteiger partial charge on any atom is 0.247 e. The van der Waals surface area contributed by atoms with Crippen LogP contribution in [-0.2, 0) is 22.6 Å². The number of anilines is 1. The van der Waals surface area contributed by atoms with Crippen LogP contribution in [0.5, 0.6) is 0 Å². The van der Waals surface area contributed by atoms with Crippen LogP contribution in [0.25, 0.3) is 0 Å². The topological polar surface area (TPSA) is 49.4 Å². The van der Waals surface area contributed by atoms with Crippen LogP contribution in [0, 0.1) is 0 Å². The van der Waals surface area contributed by atoms with E-state index in [-0.39, 0.29) is 14.7 Å². The Morgan fingerprint density at radius 3 is 2.94 bits per heavy atom. The predicted molar refractivity (Wildman–Crippen MR) is 74.3 cm³/mol. The zero-order valence-electron chi connectivity index (χ0n) is 10.4. The molecular weight excluding hydrogens is 228 g/mol. The summed E-state index contributed by atoms with van der Waals surface area (Å²) >= 11 is 0. The standard InChI is InChI=1S/C14H16N2O2.2H2/c1-3-14(18)15-13-6-4-5-11-7-8-16(10(2)17)9-12(11)13;;/h3-6H,1,7-9H2,2H3,(H,15,18);2*1H. The van der Waals surface area contributed by atoms with Crippen molar-refractivity contribution in [2.75, 3.05) is 11.9 Å². The number of carbonyl (C=O) groups excluding carboxylic acids is 2. The van der Waals surface area contributed by atoms with Crippen molar-refractivity contribution >= 4 is 17.5 Å². The van der Waals surface area contributed by atoms with Gasteiger partial charge in [0.05, 0.1) is 0 Å². The van der Waals surface area contributed by atoms with Crippen LogP contribution in [0.2, 0.25) is 0 Å². The molecule has 0 bridgehead atoms. The summed E-state index contributed by atoms with van der Waals surface area (Å²) in [5.74, 6) is -0.172. The van der Waals surface area contributed by atoms with Crippen LogP contribution >= 0.6 is 0 Å². The van der Waals surface area contributed by atoms with Crippen LogP contribution < -0.4 is 5.32 Å². The average Bonchev–Trinajstić information content (AvgIpc) is 2.38. The second-order valence-electron chi connectivity index (χ2n) is 4.33. The number of rotatable bonds is 2. The van der Waals surface area contributed by atoms with Gasteiger partial charge >= 0.3 is 0 Å². The lowest BCUT2D eigenvalue weighted by Crippen LogP contribution is -2.34. The van der Waals surface area contributed by atoms with Crippen molar-refractivity contribution in [3.05, 3.63) is 42.0 Å². The van der Waals surface area contributed by atoms with E-state index in [4.69, 9.17) is 0 Å². The first-order valence-corrected chi connectivity index (χ1v) is 5.91. The second kappa shape index (κ2) is 5.04. The van der Waals surface area contributed by atoms with E-state index in [0.717, 1.165) is 24.2 Å². The summed E-state index contributed by atoms with van der Waals surface area (Å²) in [6.07, 6.45) is 2.07. The van der Waals surface area contributed by atoms with E-state index in [1.54, 1.807) is 11.8 Å². The van der Waals surface area contributed by atoms with Gasteiger partial charge in [0.1, 0.15) is 0 Å². The molecule has 0 spiro atoms. The molecule has 0 aromatic heterocycles. The van der Waals surface area contributed by atoms with Gasteiger partial charge in [0.25, 0.3) is 0 Å². The molecule has 1 heterocycles. The van der Waals surface area contributed by atoms with Crippen LogP contribution in [0.4, 0.5) is 5.69 Å². The Labute approximate surface area is 109 Å². The van der Waals surface area contributed by atoms with Gasteiger partial charge in [-0.05, 0) is 29.7 Å². The molecule has 0 aliphatic carbocycles. The average molecular weight is 248 g/mol. The first-order chi connectivity index (χ1) is 8.61. The normalized spacial score (nSPS) is 13.7. The number of nitrogens with one attached hydrogen (secondary N) is 1. The number of fused-ring (bicyclic) bond motifs is 1. The van der Waals surface area contributed by atoms with Gasteiger partial charge in [-0.3, -0.25) is 9.59 Å². The molecule has 0 atom stereocenters. The number of hydrogen-bond acceptors (Lipinski definition) is 2. The van der Waals surface area contributed by atoms with E-state index in [9.17, 15) is 9.59 Å². The number of benzene rings is 1. The van der Waals surface area contributed by atoms with Gasteiger partial charge in [0.2, 0.25) is 11.8 Å². The fourth-order valence-corrected chi connectivity index (χ4v) is 2.15. The lowest BCUT2D eigenvalue weighted by atomic mass is 9.98. The third kappa shape index (κ3) is 2.42. The highest BCUT2D eigenvalue weighted by Crippen LogP contribution is 2.26. The SMILES string of the molecule is C=CC(=O)Nc1cccc2c1CN(C(C)=O)CC2.[HH].[HH]. The molecule has 0 saturated carbocycles. The van der Waals surface area contributed by atoms with Gasteiger partial charge in [0, 0.05) is 28.6 Å². The number of carbonyl (C=O) groups is 2. The number of amides is 2. The van der Waals surface area contributed by atoms with Gasteiger partial charge in [-0.25, -0.2) is 0 Å². The van der Waals surface area contributed by atoms with Gasteiger partial charge in [-0.1, -0.05) is 18.7 Å². The monoisotopic (exact) mass is 248 g/mol. The van der Waals surface area contributed by atoms with Crippen LogP contribution in [-0.4, -0.2) is 23.3 Å². The van der Waals surface area contributed by atoms with Gasteiger partial charge in [0.15, 0.2) is 0 Å². The minimum Gasteiger partial charge on any atom is -0.338 e. The number of hydrogen-bond donors (Lipinski definition) is 1. The molecule has 0 saturated heterocycles. The first-order valence-electron chi connectivity index (χ1n) is 5.91. The molecule has 1 aromatic carbocycles. The zero-order valence-corrected chi connectivity index (χ0v) is 10.4. The van der Waals surface area contributed by atoms with E-state index in [2.05, 4.69) is 11.9 Å². The quantitative estimate of drug-likeness (QED) is 0.816. The zero-order chi connectivity index (χ0) is 13.1. The predicted octanol–water partition coefficient (Wildman–Crippen LogP) is 2.21. The Hall–Kier alpha value is -2.10. The van der Waals surface area contributed by atoms with Crippen molar-refractivity contribution in [3.63, 3.8) is 0 Å². The van der Waals surface area contributed by atoms with Crippen molar-refractivity contribution in [2.45, 2.75) is 19.9 Å². The summed E-state index contributed by atoms with van der Waals surface area (Å²) < 4.78 is 0. The van der Waals surface area contributed by atoms with Crippen LogP contribution in [0.1, 0.15) is 20.9 Å². The van der Waals surface area contributed by atoms with Gasteiger partial charge < -0.3 is 10.2 Å². The minimum atomic E-state index is -0.233. The molecule has 2 rings (SSSR count). The molecule has 4 nitrogen and oxygen atoms in total. The molecule has 0 radical (unpaired) electrons. The Balaban J connectivity index is 0.00000180. The first kappa shape index (κ1) is 12.4. The van der Waals surface area contributed by atoms with Crippen molar-refractivity contribution < 1.29 is 12.4 Å². The minimum absolute atomic E-state index is 0. The van der Waals surface area contributed by atoms with E-state index in [1.807, 2.05) is 18.2 Å². The van der Waals surface area contributed by atoms with Gasteiger partial charge in [-0.15, -0.1) is 0 Å². The molecule has 2 amide bonds. The maximum absolute atomic E-state index is 11.4. The fourth-order valence-electron chi connectivity index (χ4n) is 2.15. The van der Waals surface area contributed by atoms with Crippen LogP contribution in [0.3, 0.4) is 0 Å². The molecule has 0 unspecified atom stereocenters. The summed E-state index contributed by atoms with van der Waals surface area (Å²) in [6, 6.07) is 5.81. The maximum atomic E-state index is 11.4. The molecule has 1 aliphatic heterocycles. The molecule has 1 aliphatic rings. The molecule has 18 heavy (non-hydrogen) atoms. The Morgan fingerprint density at radius 1 is 1.50 bits per heavy atom. The van der Waals surface area contributed by atoms with Crippen molar-refractivity contribution in [1.82, 2.24) is 4.90 Å². The second-order valence-corrected chi connectivity index (χ2v) is 4.33. The summed E-state index contributed by atoms with van der Waals surface area (Å²) in [5, 5.41) is 2.78. The molecule has 1 N–H and O–H groups in total. The van der Waals surface area contributed by atoms with Crippen LogP contribution in [0.15, 0.2) is 30.9 Å². The Bertz CT molecular complexity index is 518. The Morgan fingerprint density at radius 2 is 2.28 bits per heavy atom. The summed E-state index contributed by atoms with van der Waals surface area (Å²) in [5.41, 5.74) is 2.98. The summed E-state index contributed by atoms with van der Waals surface area (Å²) in [4.78, 5) is 24.6. The smallest absolute Gasteiger partial charge is 0.247 e. The lowest BCUT2D eigenvalue weighted by molar-refractivity contribution is -0.129. The summed E-state index contributed by atoms with van der Waals surface area (Å²) in [7, 11) is 0. The highest BCUT2D eigenvalue weighted by atomic mass is 16.2.